The SMILES string of the molecule is Cc1nnc(CN=C(NCCc2cccs2)NC2CC=CC2)n1C. The molecule has 0 bridgehead atoms. The van der Waals surface area contributed by atoms with Crippen molar-refractivity contribution in [3.63, 3.8) is 0 Å². The molecule has 0 atom stereocenters. The average Bonchev–Trinajstić information content (AvgIpc) is 3.31. The molecular weight excluding hydrogens is 320 g/mol. The van der Waals surface area contributed by atoms with Crippen LogP contribution >= 0.6 is 11.3 Å². The Morgan fingerprint density at radius 2 is 2.21 bits per heavy atom. The third-order valence-corrected chi connectivity index (χ3v) is 5.09. The van der Waals surface area contributed by atoms with Crippen LogP contribution < -0.4 is 10.6 Å². The van der Waals surface area contributed by atoms with Crippen molar-refractivity contribution in [3.8, 4) is 0 Å². The minimum atomic E-state index is 0.430. The maximum Gasteiger partial charge on any atom is 0.191 e. The highest BCUT2D eigenvalue weighted by atomic mass is 32.1. The molecule has 1 aliphatic carbocycles. The van der Waals surface area contributed by atoms with E-state index in [1.165, 1.54) is 4.88 Å². The van der Waals surface area contributed by atoms with Gasteiger partial charge in [-0.05, 0) is 37.6 Å². The Hall–Kier alpha value is -2.15. The Labute approximate surface area is 146 Å². The summed E-state index contributed by atoms with van der Waals surface area (Å²) < 4.78 is 1.98. The maximum absolute atomic E-state index is 4.70. The maximum atomic E-state index is 4.70. The largest absolute Gasteiger partial charge is 0.356 e. The van der Waals surface area contributed by atoms with Crippen molar-refractivity contribution in [2.24, 2.45) is 12.0 Å². The molecule has 128 valence electrons. The van der Waals surface area contributed by atoms with Gasteiger partial charge in [-0.1, -0.05) is 18.2 Å². The van der Waals surface area contributed by atoms with Gasteiger partial charge >= 0.3 is 0 Å². The van der Waals surface area contributed by atoms with E-state index in [1.54, 1.807) is 11.3 Å². The molecular formula is C17H24N6S. The predicted molar refractivity (Wildman–Crippen MR) is 98.2 cm³/mol. The van der Waals surface area contributed by atoms with Gasteiger partial charge < -0.3 is 15.2 Å². The normalized spacial score (nSPS) is 15.2. The summed E-state index contributed by atoms with van der Waals surface area (Å²) in [5, 5.41) is 17.3. The van der Waals surface area contributed by atoms with E-state index >= 15 is 0 Å². The van der Waals surface area contributed by atoms with Crippen LogP contribution in [0.4, 0.5) is 0 Å². The van der Waals surface area contributed by atoms with Gasteiger partial charge in [-0.25, -0.2) is 4.99 Å². The zero-order valence-corrected chi connectivity index (χ0v) is 15.0. The Morgan fingerprint density at radius 1 is 1.38 bits per heavy atom. The van der Waals surface area contributed by atoms with Crippen molar-refractivity contribution >= 4 is 17.3 Å². The summed E-state index contributed by atoms with van der Waals surface area (Å²) in [4.78, 5) is 6.08. The van der Waals surface area contributed by atoms with Gasteiger partial charge in [0.2, 0.25) is 0 Å². The standard InChI is InChI=1S/C17H24N6S/c1-13-21-22-16(23(13)2)12-19-17(20-14-6-3-4-7-14)18-10-9-15-8-5-11-24-15/h3-5,8,11,14H,6-7,9-10,12H2,1-2H3,(H2,18,19,20). The molecule has 24 heavy (non-hydrogen) atoms. The molecule has 1 aliphatic rings. The van der Waals surface area contributed by atoms with Gasteiger partial charge in [0.1, 0.15) is 12.4 Å². The summed E-state index contributed by atoms with van der Waals surface area (Å²) in [6.07, 6.45) is 7.54. The Bertz CT molecular complexity index is 693. The number of guanidine groups is 1. The van der Waals surface area contributed by atoms with Crippen LogP contribution in [0.25, 0.3) is 0 Å². The number of thiophene rings is 1. The summed E-state index contributed by atoms with van der Waals surface area (Å²) in [7, 11) is 1.97. The van der Waals surface area contributed by atoms with Crippen molar-refractivity contribution in [1.82, 2.24) is 25.4 Å². The number of nitrogens with zero attached hydrogens (tertiary/aromatic N) is 4. The van der Waals surface area contributed by atoms with E-state index in [4.69, 9.17) is 4.99 Å². The molecule has 3 rings (SSSR count). The topological polar surface area (TPSA) is 67.1 Å². The molecule has 2 heterocycles. The minimum Gasteiger partial charge on any atom is -0.356 e. The molecule has 2 aromatic rings. The van der Waals surface area contributed by atoms with Crippen LogP contribution in [0.2, 0.25) is 0 Å². The quantitative estimate of drug-likeness (QED) is 0.479. The third-order valence-electron chi connectivity index (χ3n) is 4.15. The van der Waals surface area contributed by atoms with Gasteiger partial charge in [-0.2, -0.15) is 0 Å². The van der Waals surface area contributed by atoms with E-state index in [-0.39, 0.29) is 0 Å². The lowest BCUT2D eigenvalue weighted by molar-refractivity contribution is 0.628. The van der Waals surface area contributed by atoms with Gasteiger partial charge in [0.05, 0.1) is 0 Å². The average molecular weight is 344 g/mol. The van der Waals surface area contributed by atoms with Crippen LogP contribution in [-0.4, -0.2) is 33.3 Å². The van der Waals surface area contributed by atoms with Gasteiger partial charge in [0, 0.05) is 24.5 Å². The molecule has 0 amide bonds. The van der Waals surface area contributed by atoms with Crippen molar-refractivity contribution in [1.29, 1.82) is 0 Å². The number of rotatable bonds is 6. The highest BCUT2D eigenvalue weighted by Gasteiger charge is 2.12. The van der Waals surface area contributed by atoms with Crippen molar-refractivity contribution in [2.45, 2.75) is 38.8 Å². The van der Waals surface area contributed by atoms with Crippen LogP contribution in [0, 0.1) is 6.92 Å². The fraction of sp³-hybridized carbons (Fsp3) is 0.471. The lowest BCUT2D eigenvalue weighted by atomic mass is 10.2. The summed E-state index contributed by atoms with van der Waals surface area (Å²) in [6, 6.07) is 4.69. The number of hydrogen-bond acceptors (Lipinski definition) is 4. The molecule has 0 aromatic carbocycles. The number of hydrogen-bond donors (Lipinski definition) is 2. The summed E-state index contributed by atoms with van der Waals surface area (Å²) in [5.74, 6) is 2.62. The monoisotopic (exact) mass is 344 g/mol. The van der Waals surface area contributed by atoms with Crippen molar-refractivity contribution < 1.29 is 0 Å². The summed E-state index contributed by atoms with van der Waals surface area (Å²) >= 11 is 1.79. The van der Waals surface area contributed by atoms with E-state index in [0.29, 0.717) is 12.6 Å². The first-order valence-electron chi connectivity index (χ1n) is 8.29. The molecule has 0 unspecified atom stereocenters. The number of aromatic nitrogens is 3. The fourth-order valence-electron chi connectivity index (χ4n) is 2.58. The van der Waals surface area contributed by atoms with E-state index < -0.39 is 0 Å². The third kappa shape index (κ3) is 4.44. The number of nitrogens with one attached hydrogen (secondary N) is 2. The minimum absolute atomic E-state index is 0.430. The van der Waals surface area contributed by atoms with Gasteiger partial charge in [0.25, 0.3) is 0 Å². The van der Waals surface area contributed by atoms with Crippen molar-refractivity contribution in [2.75, 3.05) is 6.54 Å². The van der Waals surface area contributed by atoms with E-state index in [1.807, 2.05) is 18.5 Å². The molecule has 0 fully saturated rings. The Morgan fingerprint density at radius 3 is 2.88 bits per heavy atom. The van der Waals surface area contributed by atoms with E-state index in [2.05, 4.69) is 50.5 Å². The highest BCUT2D eigenvalue weighted by Crippen LogP contribution is 2.10. The molecule has 0 saturated carbocycles. The Balaban J connectivity index is 1.59. The molecule has 7 heteroatoms. The molecule has 0 spiro atoms. The second-order valence-corrected chi connectivity index (χ2v) is 6.96. The van der Waals surface area contributed by atoms with Gasteiger partial charge in [-0.3, -0.25) is 0 Å². The van der Waals surface area contributed by atoms with Crippen molar-refractivity contribution in [3.05, 3.63) is 46.2 Å². The molecule has 2 N–H and O–H groups in total. The van der Waals surface area contributed by atoms with Gasteiger partial charge in [-0.15, -0.1) is 21.5 Å². The predicted octanol–water partition coefficient (Wildman–Crippen LogP) is 2.18. The van der Waals surface area contributed by atoms with Crippen LogP contribution in [-0.2, 0) is 20.0 Å². The fourth-order valence-corrected chi connectivity index (χ4v) is 3.29. The highest BCUT2D eigenvalue weighted by molar-refractivity contribution is 7.09. The second-order valence-electron chi connectivity index (χ2n) is 5.93. The lowest BCUT2D eigenvalue weighted by Gasteiger charge is -2.17. The van der Waals surface area contributed by atoms with E-state index in [0.717, 1.165) is 43.4 Å². The van der Waals surface area contributed by atoms with E-state index in [9.17, 15) is 0 Å². The zero-order valence-electron chi connectivity index (χ0n) is 14.2. The van der Waals surface area contributed by atoms with Crippen LogP contribution in [0.3, 0.4) is 0 Å². The number of aliphatic imine (C=N–C) groups is 1. The first kappa shape index (κ1) is 16.7. The Kier molecular flexibility index (Phi) is 5.63. The summed E-state index contributed by atoms with van der Waals surface area (Å²) in [5.41, 5.74) is 0. The number of aryl methyl sites for hydroxylation is 1. The lowest BCUT2D eigenvalue weighted by Crippen LogP contribution is -2.43. The molecule has 2 aromatic heterocycles. The molecule has 0 aliphatic heterocycles. The molecule has 6 nitrogen and oxygen atoms in total. The first-order chi connectivity index (χ1) is 11.7. The van der Waals surface area contributed by atoms with Crippen LogP contribution in [0.1, 0.15) is 29.4 Å². The van der Waals surface area contributed by atoms with Crippen LogP contribution in [0.15, 0.2) is 34.7 Å². The summed E-state index contributed by atoms with van der Waals surface area (Å²) in [6.45, 7) is 3.33. The molecule has 0 radical (unpaired) electrons. The van der Waals surface area contributed by atoms with Crippen LogP contribution in [0.5, 0.6) is 0 Å². The second kappa shape index (κ2) is 8.10. The van der Waals surface area contributed by atoms with Gasteiger partial charge in [0.15, 0.2) is 11.8 Å². The first-order valence-corrected chi connectivity index (χ1v) is 9.17. The smallest absolute Gasteiger partial charge is 0.191 e. The molecule has 0 saturated heterocycles. The zero-order chi connectivity index (χ0) is 16.8.